The summed E-state index contributed by atoms with van der Waals surface area (Å²) in [5, 5.41) is 8.89. The third-order valence-corrected chi connectivity index (χ3v) is 4.82. The molecular weight excluding hydrogens is 238 g/mol. The highest BCUT2D eigenvalue weighted by atomic mass is 32.2. The van der Waals surface area contributed by atoms with Crippen molar-refractivity contribution in [1.82, 2.24) is 9.03 Å². The fraction of sp³-hybridized carbons (Fsp3) is 0.909. The highest BCUT2D eigenvalue weighted by Gasteiger charge is 2.30. The van der Waals surface area contributed by atoms with E-state index in [9.17, 15) is 8.42 Å². The quantitative estimate of drug-likeness (QED) is 0.810. The van der Waals surface area contributed by atoms with Gasteiger partial charge < -0.3 is 0 Å². The highest BCUT2D eigenvalue weighted by Crippen LogP contribution is 2.19. The van der Waals surface area contributed by atoms with Crippen LogP contribution in [0.2, 0.25) is 0 Å². The van der Waals surface area contributed by atoms with E-state index in [1.807, 2.05) is 19.9 Å². The van der Waals surface area contributed by atoms with Crippen molar-refractivity contribution in [3.05, 3.63) is 0 Å². The van der Waals surface area contributed by atoms with Crippen LogP contribution in [0.1, 0.15) is 46.0 Å². The summed E-state index contributed by atoms with van der Waals surface area (Å²) >= 11 is 0. The van der Waals surface area contributed by atoms with E-state index in [-0.39, 0.29) is 6.04 Å². The molecule has 0 spiro atoms. The Labute approximate surface area is 104 Å². The van der Waals surface area contributed by atoms with E-state index < -0.39 is 16.3 Å². The van der Waals surface area contributed by atoms with Crippen LogP contribution >= 0.6 is 0 Å². The second-order valence-corrected chi connectivity index (χ2v) is 6.20. The van der Waals surface area contributed by atoms with Crippen molar-refractivity contribution in [3.8, 4) is 6.07 Å². The van der Waals surface area contributed by atoms with Gasteiger partial charge in [0.2, 0.25) is 0 Å². The summed E-state index contributed by atoms with van der Waals surface area (Å²) in [6.07, 6.45) is 4.21. The van der Waals surface area contributed by atoms with Gasteiger partial charge in [-0.3, -0.25) is 0 Å². The van der Waals surface area contributed by atoms with Gasteiger partial charge in [0.1, 0.15) is 6.04 Å². The highest BCUT2D eigenvalue weighted by molar-refractivity contribution is 7.87. The topological polar surface area (TPSA) is 73.2 Å². The van der Waals surface area contributed by atoms with Crippen molar-refractivity contribution in [2.24, 2.45) is 0 Å². The van der Waals surface area contributed by atoms with E-state index in [2.05, 4.69) is 4.72 Å². The number of nitrogens with zero attached hydrogens (tertiary/aromatic N) is 2. The monoisotopic (exact) mass is 259 g/mol. The Morgan fingerprint density at radius 3 is 2.76 bits per heavy atom. The maximum atomic E-state index is 12.1. The lowest BCUT2D eigenvalue weighted by Crippen LogP contribution is -2.50. The molecule has 0 aromatic carbocycles. The lowest BCUT2D eigenvalue weighted by Gasteiger charge is -2.32. The van der Waals surface area contributed by atoms with E-state index in [1.54, 1.807) is 0 Å². The first kappa shape index (κ1) is 14.4. The summed E-state index contributed by atoms with van der Waals surface area (Å²) in [5.74, 6) is 0. The van der Waals surface area contributed by atoms with Crippen LogP contribution in [0.4, 0.5) is 0 Å². The standard InChI is InChI=1S/C11H21N3O2S/c1-3-6-11(9-12)13-17(15,16)14-8-5-4-7-10(14)2/h10-11,13H,3-8H2,1-2H3. The third-order valence-electron chi connectivity index (χ3n) is 3.08. The zero-order chi connectivity index (χ0) is 12.9. The average molecular weight is 259 g/mol. The van der Waals surface area contributed by atoms with Gasteiger partial charge in [-0.2, -0.15) is 22.7 Å². The molecule has 5 nitrogen and oxygen atoms in total. The first-order valence-electron chi connectivity index (χ1n) is 6.20. The molecule has 1 aliphatic heterocycles. The lowest BCUT2D eigenvalue weighted by molar-refractivity contribution is 0.264. The minimum atomic E-state index is -3.51. The van der Waals surface area contributed by atoms with Gasteiger partial charge in [0.25, 0.3) is 10.2 Å². The number of piperidine rings is 1. The molecule has 0 amide bonds. The number of hydrogen-bond acceptors (Lipinski definition) is 3. The van der Waals surface area contributed by atoms with E-state index in [4.69, 9.17) is 5.26 Å². The van der Waals surface area contributed by atoms with Crippen LogP contribution in [0.3, 0.4) is 0 Å². The van der Waals surface area contributed by atoms with Crippen molar-refractivity contribution < 1.29 is 8.42 Å². The minimum absolute atomic E-state index is 0.0298. The summed E-state index contributed by atoms with van der Waals surface area (Å²) in [6, 6.07) is 1.41. The SMILES string of the molecule is CCCC(C#N)NS(=O)(=O)N1CCCCC1C. The number of rotatable bonds is 5. The Morgan fingerprint density at radius 2 is 2.24 bits per heavy atom. The van der Waals surface area contributed by atoms with Gasteiger partial charge in [0.05, 0.1) is 6.07 Å². The number of nitriles is 1. The molecule has 0 bridgehead atoms. The van der Waals surface area contributed by atoms with Gasteiger partial charge in [-0.25, -0.2) is 0 Å². The second-order valence-electron chi connectivity index (χ2n) is 4.55. The Balaban J connectivity index is 2.70. The number of nitrogens with one attached hydrogen (secondary N) is 1. The Bertz CT molecular complexity index is 375. The molecule has 98 valence electrons. The Hall–Kier alpha value is -0.640. The summed E-state index contributed by atoms with van der Waals surface area (Å²) < 4.78 is 28.2. The Kier molecular flexibility index (Phi) is 5.37. The predicted octanol–water partition coefficient (Wildman–Crippen LogP) is 1.39. The fourth-order valence-corrected chi connectivity index (χ4v) is 3.73. The summed E-state index contributed by atoms with van der Waals surface area (Å²) in [4.78, 5) is 0. The molecule has 0 aliphatic carbocycles. The predicted molar refractivity (Wildman–Crippen MR) is 66.4 cm³/mol. The molecule has 0 radical (unpaired) electrons. The van der Waals surface area contributed by atoms with E-state index in [0.29, 0.717) is 13.0 Å². The van der Waals surface area contributed by atoms with Crippen molar-refractivity contribution in [1.29, 1.82) is 5.26 Å². The first-order valence-corrected chi connectivity index (χ1v) is 7.64. The van der Waals surface area contributed by atoms with Gasteiger partial charge in [-0.15, -0.1) is 0 Å². The molecule has 1 aliphatic rings. The first-order chi connectivity index (χ1) is 8.01. The molecule has 1 rings (SSSR count). The van der Waals surface area contributed by atoms with Crippen LogP contribution in [-0.4, -0.2) is 31.4 Å². The molecule has 1 heterocycles. The van der Waals surface area contributed by atoms with Crippen LogP contribution in [0, 0.1) is 11.3 Å². The zero-order valence-corrected chi connectivity index (χ0v) is 11.3. The number of hydrogen-bond donors (Lipinski definition) is 1. The van der Waals surface area contributed by atoms with Gasteiger partial charge in [-0.05, 0) is 26.2 Å². The van der Waals surface area contributed by atoms with Crippen LogP contribution in [0.15, 0.2) is 0 Å². The molecule has 1 N–H and O–H groups in total. The Morgan fingerprint density at radius 1 is 1.53 bits per heavy atom. The molecule has 17 heavy (non-hydrogen) atoms. The normalized spacial score (nSPS) is 24.2. The van der Waals surface area contributed by atoms with E-state index in [0.717, 1.165) is 25.7 Å². The van der Waals surface area contributed by atoms with Crippen LogP contribution in [0.25, 0.3) is 0 Å². The van der Waals surface area contributed by atoms with Crippen LogP contribution in [0.5, 0.6) is 0 Å². The molecule has 0 aromatic heterocycles. The van der Waals surface area contributed by atoms with E-state index >= 15 is 0 Å². The molecule has 0 aromatic rings. The molecular formula is C11H21N3O2S. The minimum Gasteiger partial charge on any atom is -0.197 e. The molecule has 2 unspecified atom stereocenters. The van der Waals surface area contributed by atoms with Gasteiger partial charge in [0, 0.05) is 12.6 Å². The largest absolute Gasteiger partial charge is 0.280 e. The molecule has 1 fully saturated rings. The summed E-state index contributed by atoms with van der Waals surface area (Å²) in [6.45, 7) is 4.41. The molecule has 6 heteroatoms. The van der Waals surface area contributed by atoms with Crippen molar-refractivity contribution in [2.45, 2.75) is 58.0 Å². The molecule has 1 saturated heterocycles. The third kappa shape index (κ3) is 3.95. The average Bonchev–Trinajstić information content (AvgIpc) is 2.28. The smallest absolute Gasteiger partial charge is 0.197 e. The molecule has 0 saturated carbocycles. The maximum absolute atomic E-state index is 12.1. The zero-order valence-electron chi connectivity index (χ0n) is 10.5. The van der Waals surface area contributed by atoms with Crippen LogP contribution < -0.4 is 4.72 Å². The summed E-state index contributed by atoms with van der Waals surface area (Å²) in [7, 11) is -3.51. The lowest BCUT2D eigenvalue weighted by atomic mass is 10.1. The summed E-state index contributed by atoms with van der Waals surface area (Å²) in [5.41, 5.74) is 0. The van der Waals surface area contributed by atoms with Gasteiger partial charge in [-0.1, -0.05) is 19.8 Å². The second kappa shape index (κ2) is 6.34. The maximum Gasteiger partial charge on any atom is 0.280 e. The van der Waals surface area contributed by atoms with Gasteiger partial charge in [0.15, 0.2) is 0 Å². The fourth-order valence-electron chi connectivity index (χ4n) is 2.11. The van der Waals surface area contributed by atoms with E-state index in [1.165, 1.54) is 4.31 Å². The van der Waals surface area contributed by atoms with Crippen molar-refractivity contribution >= 4 is 10.2 Å². The van der Waals surface area contributed by atoms with Gasteiger partial charge >= 0.3 is 0 Å². The molecule has 2 atom stereocenters. The van der Waals surface area contributed by atoms with Crippen LogP contribution in [-0.2, 0) is 10.2 Å². The van der Waals surface area contributed by atoms with Crippen molar-refractivity contribution in [2.75, 3.05) is 6.54 Å². The van der Waals surface area contributed by atoms with Crippen molar-refractivity contribution in [3.63, 3.8) is 0 Å².